The van der Waals surface area contributed by atoms with Crippen molar-refractivity contribution < 1.29 is 51.5 Å². The van der Waals surface area contributed by atoms with Crippen LogP contribution in [0.15, 0.2) is 30.0 Å². The Hall–Kier alpha value is -1.96. The van der Waals surface area contributed by atoms with Gasteiger partial charge in [-0.25, -0.2) is 0 Å². The van der Waals surface area contributed by atoms with E-state index in [2.05, 4.69) is 8.37 Å². The van der Waals surface area contributed by atoms with Crippen molar-refractivity contribution in [3.63, 3.8) is 0 Å². The molecule has 0 radical (unpaired) electrons. The van der Waals surface area contributed by atoms with Crippen LogP contribution in [0.2, 0.25) is 0 Å². The molecule has 4 rings (SSSR count). The molecule has 0 unspecified atom stereocenters. The molecule has 0 N–H and O–H groups in total. The molecule has 4 atom stereocenters. The number of aryl methyl sites for hydroxylation is 1. The van der Waals surface area contributed by atoms with Crippen LogP contribution in [0.1, 0.15) is 49.7 Å². The van der Waals surface area contributed by atoms with Crippen LogP contribution in [0.25, 0.3) is 0 Å². The maximum atomic E-state index is 12.8. The van der Waals surface area contributed by atoms with Gasteiger partial charge in [0.25, 0.3) is 0 Å². The fourth-order valence-electron chi connectivity index (χ4n) is 5.61. The van der Waals surface area contributed by atoms with Crippen molar-refractivity contribution in [1.82, 2.24) is 0 Å². The molecule has 1 fully saturated rings. The second kappa shape index (κ2) is 7.77. The summed E-state index contributed by atoms with van der Waals surface area (Å²) in [5.74, 6) is -0.935. The van der Waals surface area contributed by atoms with Crippen LogP contribution in [0.3, 0.4) is 0 Å². The summed E-state index contributed by atoms with van der Waals surface area (Å²) in [5, 5.41) is 0. The fourth-order valence-corrected chi connectivity index (χ4v) is 6.65. The number of rotatable bonds is 4. The SMILES string of the molecule is C[C@]12CC[C@@H]3c4ccc(OS(=O)(=O)C(F)(F)F)cc4CC[C@H]3[C@@H]1CC=C2OS(=O)(=O)C(F)(F)F. The van der Waals surface area contributed by atoms with Crippen LogP contribution in [0.4, 0.5) is 26.3 Å². The van der Waals surface area contributed by atoms with Crippen molar-refractivity contribution >= 4 is 20.2 Å². The molecule has 3 aliphatic rings. The molecule has 0 aliphatic heterocycles. The van der Waals surface area contributed by atoms with Crippen LogP contribution in [-0.4, -0.2) is 27.9 Å². The Morgan fingerprint density at radius 3 is 2.18 bits per heavy atom. The summed E-state index contributed by atoms with van der Waals surface area (Å²) in [6.45, 7) is 1.69. The van der Waals surface area contributed by atoms with E-state index in [9.17, 15) is 43.2 Å². The van der Waals surface area contributed by atoms with Gasteiger partial charge >= 0.3 is 31.3 Å². The van der Waals surface area contributed by atoms with Crippen molar-refractivity contribution in [2.24, 2.45) is 17.3 Å². The van der Waals surface area contributed by atoms with E-state index in [1.807, 2.05) is 0 Å². The first kappa shape index (κ1) is 25.1. The van der Waals surface area contributed by atoms with Gasteiger partial charge in [0.05, 0.1) is 0 Å². The van der Waals surface area contributed by atoms with Crippen molar-refractivity contribution in [3.8, 4) is 5.75 Å². The molecule has 0 amide bonds. The maximum Gasteiger partial charge on any atom is 0.534 e. The topological polar surface area (TPSA) is 86.7 Å². The van der Waals surface area contributed by atoms with Crippen LogP contribution in [0.5, 0.6) is 5.75 Å². The van der Waals surface area contributed by atoms with Gasteiger partial charge in [0.2, 0.25) is 0 Å². The van der Waals surface area contributed by atoms with Gasteiger partial charge in [-0.05, 0) is 79.2 Å². The third-order valence-corrected chi connectivity index (χ3v) is 9.12. The van der Waals surface area contributed by atoms with E-state index in [4.69, 9.17) is 0 Å². The maximum absolute atomic E-state index is 12.8. The summed E-state index contributed by atoms with van der Waals surface area (Å²) in [4.78, 5) is 0. The summed E-state index contributed by atoms with van der Waals surface area (Å²) >= 11 is 0. The smallest absolute Gasteiger partial charge is 0.380 e. The minimum Gasteiger partial charge on any atom is -0.380 e. The summed E-state index contributed by atoms with van der Waals surface area (Å²) < 4.78 is 131. The molecule has 3 aliphatic carbocycles. The number of benzene rings is 1. The van der Waals surface area contributed by atoms with Gasteiger partial charge < -0.3 is 8.37 Å². The van der Waals surface area contributed by atoms with Gasteiger partial charge in [0, 0.05) is 5.41 Å². The lowest BCUT2D eigenvalue weighted by Crippen LogP contribution is -2.42. The van der Waals surface area contributed by atoms with E-state index in [0.717, 1.165) is 11.6 Å². The highest BCUT2D eigenvalue weighted by Gasteiger charge is 2.56. The zero-order chi connectivity index (χ0) is 25.3. The Kier molecular flexibility index (Phi) is 5.75. The normalized spacial score (nSPS) is 29.5. The monoisotopic (exact) mass is 534 g/mol. The molecular formula is C20H20F6O6S2. The Morgan fingerprint density at radius 2 is 1.56 bits per heavy atom. The predicted molar refractivity (Wildman–Crippen MR) is 106 cm³/mol. The van der Waals surface area contributed by atoms with Crippen LogP contribution >= 0.6 is 0 Å². The molecule has 190 valence electrons. The number of halogens is 6. The average Bonchev–Trinajstić information content (AvgIpc) is 3.01. The summed E-state index contributed by atoms with van der Waals surface area (Å²) in [7, 11) is -11.6. The van der Waals surface area contributed by atoms with Gasteiger partial charge in [-0.1, -0.05) is 13.0 Å². The molecular weight excluding hydrogens is 514 g/mol. The first-order valence-corrected chi connectivity index (χ1v) is 13.1. The van der Waals surface area contributed by atoms with Crippen molar-refractivity contribution in [3.05, 3.63) is 41.2 Å². The molecule has 6 nitrogen and oxygen atoms in total. The molecule has 1 aromatic rings. The van der Waals surface area contributed by atoms with Crippen molar-refractivity contribution in [1.29, 1.82) is 0 Å². The molecule has 34 heavy (non-hydrogen) atoms. The molecule has 1 saturated carbocycles. The highest BCUT2D eigenvalue weighted by molar-refractivity contribution is 7.88. The van der Waals surface area contributed by atoms with Gasteiger partial charge in [0.15, 0.2) is 0 Å². The number of alkyl halides is 6. The summed E-state index contributed by atoms with van der Waals surface area (Å²) in [6.07, 6.45) is 3.49. The van der Waals surface area contributed by atoms with Crippen LogP contribution in [-0.2, 0) is 30.8 Å². The second-order valence-electron chi connectivity index (χ2n) is 9.00. The van der Waals surface area contributed by atoms with E-state index in [0.29, 0.717) is 37.7 Å². The quantitative estimate of drug-likeness (QED) is 0.303. The molecule has 1 aromatic carbocycles. The molecule has 0 saturated heterocycles. The first-order chi connectivity index (χ1) is 15.5. The van der Waals surface area contributed by atoms with Gasteiger partial charge in [-0.15, -0.1) is 0 Å². The Bertz CT molecular complexity index is 1230. The third kappa shape index (κ3) is 4.06. The van der Waals surface area contributed by atoms with Gasteiger partial charge in [-0.2, -0.15) is 43.2 Å². The molecule has 0 aromatic heterocycles. The zero-order valence-corrected chi connectivity index (χ0v) is 19.2. The van der Waals surface area contributed by atoms with E-state index in [-0.39, 0.29) is 23.5 Å². The number of hydrogen-bond donors (Lipinski definition) is 0. The minimum absolute atomic E-state index is 0.0251. The molecule has 0 bridgehead atoms. The third-order valence-electron chi connectivity index (χ3n) is 7.18. The van der Waals surface area contributed by atoms with Crippen LogP contribution in [0, 0.1) is 17.3 Å². The lowest BCUT2D eigenvalue weighted by Gasteiger charge is -2.49. The minimum atomic E-state index is -5.80. The predicted octanol–water partition coefficient (Wildman–Crippen LogP) is 5.13. The fraction of sp³-hybridized carbons (Fsp3) is 0.600. The Labute approximate surface area is 192 Å². The molecule has 0 heterocycles. The highest BCUT2D eigenvalue weighted by atomic mass is 32.2. The summed E-state index contributed by atoms with van der Waals surface area (Å²) in [5.41, 5.74) is -10.5. The highest BCUT2D eigenvalue weighted by Crippen LogP contribution is 2.61. The standard InChI is InChI=1S/C20H20F6O6S2/c1-18-9-8-14-13-5-3-12(31-33(27,28)19(21,22)23)10-11(13)2-4-15(14)16(18)6-7-17(18)32-34(29,30)20(24,25)26/h3,5,7,10,14-16H,2,4,6,8-9H2,1H3/t14-,15-,16+,18+/m1/s1. The van der Waals surface area contributed by atoms with Crippen LogP contribution < -0.4 is 4.18 Å². The lowest BCUT2D eigenvalue weighted by molar-refractivity contribution is -0.0545. The van der Waals surface area contributed by atoms with E-state index < -0.39 is 42.4 Å². The van der Waals surface area contributed by atoms with Gasteiger partial charge in [0.1, 0.15) is 11.5 Å². The Balaban J connectivity index is 1.55. The van der Waals surface area contributed by atoms with Gasteiger partial charge in [-0.3, -0.25) is 0 Å². The average molecular weight is 534 g/mol. The molecule has 14 heteroatoms. The van der Waals surface area contributed by atoms with E-state index in [1.54, 1.807) is 6.92 Å². The van der Waals surface area contributed by atoms with E-state index >= 15 is 0 Å². The Morgan fingerprint density at radius 1 is 0.941 bits per heavy atom. The number of hydrogen-bond acceptors (Lipinski definition) is 6. The second-order valence-corrected chi connectivity index (χ2v) is 12.1. The zero-order valence-electron chi connectivity index (χ0n) is 17.6. The van der Waals surface area contributed by atoms with E-state index in [1.165, 1.54) is 18.2 Å². The summed E-state index contributed by atoms with van der Waals surface area (Å²) in [6, 6.07) is 3.93. The van der Waals surface area contributed by atoms with Crippen molar-refractivity contribution in [2.75, 3.05) is 0 Å². The first-order valence-electron chi connectivity index (χ1n) is 10.3. The lowest BCUT2D eigenvalue weighted by atomic mass is 9.55. The number of fused-ring (bicyclic) bond motifs is 5. The largest absolute Gasteiger partial charge is 0.534 e. The molecule has 0 spiro atoms. The van der Waals surface area contributed by atoms with Crippen molar-refractivity contribution in [2.45, 2.75) is 56.0 Å². The number of allylic oxidation sites excluding steroid dienone is 2.